The highest BCUT2D eigenvalue weighted by molar-refractivity contribution is 6.04. The van der Waals surface area contributed by atoms with E-state index in [9.17, 15) is 4.79 Å². The number of aryl methyl sites for hydroxylation is 1. The summed E-state index contributed by atoms with van der Waals surface area (Å²) in [6, 6.07) is 15.7. The Morgan fingerprint density at radius 2 is 1.59 bits per heavy atom. The van der Waals surface area contributed by atoms with Crippen molar-refractivity contribution in [2.45, 2.75) is 52.6 Å². The topological polar surface area (TPSA) is 74.8 Å². The maximum absolute atomic E-state index is 13.7. The van der Waals surface area contributed by atoms with Crippen LogP contribution in [0.15, 0.2) is 53.3 Å². The van der Waals surface area contributed by atoms with Gasteiger partial charge >= 0.3 is 0 Å². The monoisotopic (exact) mass is 455 g/mol. The van der Waals surface area contributed by atoms with Crippen LogP contribution in [0, 0.1) is 6.92 Å². The van der Waals surface area contributed by atoms with Crippen LogP contribution in [0.5, 0.6) is 5.75 Å². The SMILES string of the molecule is CCCCCCn1c(C)nc2c(c1=O)c1nc3ccccc3nc1n2Cc1ccc(OC)cc1. The van der Waals surface area contributed by atoms with Gasteiger partial charge in [-0.2, -0.15) is 0 Å². The number of hydrogen-bond acceptors (Lipinski definition) is 5. The van der Waals surface area contributed by atoms with Crippen molar-refractivity contribution in [1.29, 1.82) is 0 Å². The third-order valence-electron chi connectivity index (χ3n) is 6.38. The number of benzene rings is 2. The normalized spacial score (nSPS) is 11.6. The third-order valence-corrected chi connectivity index (χ3v) is 6.38. The van der Waals surface area contributed by atoms with E-state index in [1.54, 1.807) is 11.7 Å². The predicted octanol–water partition coefficient (Wildman–Crippen LogP) is 5.24. The van der Waals surface area contributed by atoms with Gasteiger partial charge in [0.15, 0.2) is 11.3 Å². The summed E-state index contributed by atoms with van der Waals surface area (Å²) in [5.41, 5.74) is 4.52. The average molecular weight is 456 g/mol. The lowest BCUT2D eigenvalue weighted by Crippen LogP contribution is -2.24. The van der Waals surface area contributed by atoms with Crippen molar-refractivity contribution in [3.05, 3.63) is 70.3 Å². The largest absolute Gasteiger partial charge is 0.497 e. The summed E-state index contributed by atoms with van der Waals surface area (Å²) in [5.74, 6) is 1.52. The zero-order chi connectivity index (χ0) is 23.7. The summed E-state index contributed by atoms with van der Waals surface area (Å²) >= 11 is 0. The summed E-state index contributed by atoms with van der Waals surface area (Å²) < 4.78 is 9.11. The van der Waals surface area contributed by atoms with Gasteiger partial charge in [0.1, 0.15) is 22.5 Å². The zero-order valence-corrected chi connectivity index (χ0v) is 19.9. The first kappa shape index (κ1) is 22.1. The van der Waals surface area contributed by atoms with Crippen LogP contribution in [0.1, 0.15) is 44.0 Å². The van der Waals surface area contributed by atoms with Gasteiger partial charge in [0, 0.05) is 6.54 Å². The molecule has 0 N–H and O–H groups in total. The van der Waals surface area contributed by atoms with E-state index in [2.05, 4.69) is 6.92 Å². The van der Waals surface area contributed by atoms with E-state index in [0.29, 0.717) is 35.3 Å². The molecule has 7 heteroatoms. The van der Waals surface area contributed by atoms with Gasteiger partial charge in [-0.1, -0.05) is 50.5 Å². The molecule has 0 saturated heterocycles. The second kappa shape index (κ2) is 9.25. The molecule has 0 radical (unpaired) electrons. The highest BCUT2D eigenvalue weighted by Gasteiger charge is 2.21. The molecule has 2 aromatic carbocycles. The molecule has 0 saturated carbocycles. The first-order valence-corrected chi connectivity index (χ1v) is 11.9. The summed E-state index contributed by atoms with van der Waals surface area (Å²) in [5, 5.41) is 0.544. The molecule has 0 bridgehead atoms. The van der Waals surface area contributed by atoms with Gasteiger partial charge in [0.05, 0.1) is 24.7 Å². The van der Waals surface area contributed by atoms with E-state index in [4.69, 9.17) is 19.7 Å². The van der Waals surface area contributed by atoms with Crippen molar-refractivity contribution >= 4 is 33.2 Å². The van der Waals surface area contributed by atoms with Crippen LogP contribution in [-0.4, -0.2) is 31.2 Å². The first-order valence-electron chi connectivity index (χ1n) is 11.9. The molecule has 3 aromatic heterocycles. The van der Waals surface area contributed by atoms with Crippen molar-refractivity contribution < 1.29 is 4.74 Å². The Balaban J connectivity index is 1.72. The van der Waals surface area contributed by atoms with Crippen LogP contribution in [0.2, 0.25) is 0 Å². The van der Waals surface area contributed by atoms with Crippen molar-refractivity contribution in [3.63, 3.8) is 0 Å². The Labute approximate surface area is 198 Å². The smallest absolute Gasteiger partial charge is 0.265 e. The fourth-order valence-corrected chi connectivity index (χ4v) is 4.52. The fraction of sp³-hybridized carbons (Fsp3) is 0.333. The van der Waals surface area contributed by atoms with Crippen molar-refractivity contribution in [2.24, 2.45) is 0 Å². The first-order chi connectivity index (χ1) is 16.6. The van der Waals surface area contributed by atoms with Gasteiger partial charge in [0.2, 0.25) is 0 Å². The van der Waals surface area contributed by atoms with Gasteiger partial charge in [-0.25, -0.2) is 15.0 Å². The molecule has 7 nitrogen and oxygen atoms in total. The molecular formula is C27H29N5O2. The van der Waals surface area contributed by atoms with Crippen LogP contribution in [0.4, 0.5) is 0 Å². The molecule has 0 aliphatic rings. The highest BCUT2D eigenvalue weighted by atomic mass is 16.5. The van der Waals surface area contributed by atoms with Crippen molar-refractivity contribution in [3.8, 4) is 5.75 Å². The number of ether oxygens (including phenoxy) is 1. The number of fused-ring (bicyclic) bond motifs is 4. The minimum Gasteiger partial charge on any atom is -0.497 e. The number of unbranched alkanes of at least 4 members (excludes halogenated alkanes) is 3. The second-order valence-corrected chi connectivity index (χ2v) is 8.69. The number of nitrogens with zero attached hydrogens (tertiary/aromatic N) is 5. The highest BCUT2D eigenvalue weighted by Crippen LogP contribution is 2.27. The number of rotatable bonds is 8. The molecule has 5 rings (SSSR count). The van der Waals surface area contributed by atoms with E-state index in [0.717, 1.165) is 47.4 Å². The number of methoxy groups -OCH3 is 1. The number of aromatic nitrogens is 5. The van der Waals surface area contributed by atoms with Crippen molar-refractivity contribution in [2.75, 3.05) is 7.11 Å². The van der Waals surface area contributed by atoms with E-state index in [1.165, 1.54) is 6.42 Å². The molecular weight excluding hydrogens is 426 g/mol. The van der Waals surface area contributed by atoms with Crippen LogP contribution in [0.25, 0.3) is 33.2 Å². The molecule has 0 amide bonds. The lowest BCUT2D eigenvalue weighted by atomic mass is 10.2. The third kappa shape index (κ3) is 3.91. The maximum atomic E-state index is 13.7. The zero-order valence-electron chi connectivity index (χ0n) is 19.9. The Bertz CT molecular complexity index is 1530. The summed E-state index contributed by atoms with van der Waals surface area (Å²) in [6.07, 6.45) is 4.39. The van der Waals surface area contributed by atoms with Gasteiger partial charge in [0.25, 0.3) is 5.56 Å². The standard InChI is InChI=1S/C27H29N5O2/c1-4-5-6-9-16-31-18(2)28-25-23(27(31)33)24-26(30-22-11-8-7-10-21(22)29-24)32(25)17-19-12-14-20(34-3)15-13-19/h7-8,10-15H,4-6,9,16-17H2,1-3H3. The average Bonchev–Trinajstić information content (AvgIpc) is 3.14. The molecule has 0 aliphatic carbocycles. The molecule has 0 spiro atoms. The molecule has 174 valence electrons. The van der Waals surface area contributed by atoms with Gasteiger partial charge in [-0.15, -0.1) is 0 Å². The van der Waals surface area contributed by atoms with Crippen LogP contribution in [0.3, 0.4) is 0 Å². The Kier molecular flexibility index (Phi) is 6.01. The molecule has 0 atom stereocenters. The number of para-hydroxylation sites is 2. The van der Waals surface area contributed by atoms with Gasteiger partial charge in [-0.3, -0.25) is 9.36 Å². The predicted molar refractivity (Wildman–Crippen MR) is 136 cm³/mol. The van der Waals surface area contributed by atoms with E-state index in [1.807, 2.05) is 60.0 Å². The van der Waals surface area contributed by atoms with Crippen molar-refractivity contribution in [1.82, 2.24) is 24.1 Å². The summed E-state index contributed by atoms with van der Waals surface area (Å²) in [7, 11) is 1.66. The fourth-order valence-electron chi connectivity index (χ4n) is 4.52. The summed E-state index contributed by atoms with van der Waals surface area (Å²) in [4.78, 5) is 28.5. The Morgan fingerprint density at radius 1 is 0.853 bits per heavy atom. The maximum Gasteiger partial charge on any atom is 0.265 e. The van der Waals surface area contributed by atoms with E-state index in [-0.39, 0.29) is 5.56 Å². The van der Waals surface area contributed by atoms with Crippen LogP contribution in [-0.2, 0) is 13.1 Å². The van der Waals surface area contributed by atoms with Gasteiger partial charge < -0.3 is 9.30 Å². The van der Waals surface area contributed by atoms with E-state index >= 15 is 0 Å². The quantitative estimate of drug-likeness (QED) is 0.299. The van der Waals surface area contributed by atoms with Crippen LogP contribution < -0.4 is 10.3 Å². The minimum atomic E-state index is -0.0398. The molecule has 0 aliphatic heterocycles. The minimum absolute atomic E-state index is 0.0398. The Morgan fingerprint density at radius 3 is 2.29 bits per heavy atom. The van der Waals surface area contributed by atoms with Crippen LogP contribution >= 0.6 is 0 Å². The lowest BCUT2D eigenvalue weighted by Gasteiger charge is -2.11. The molecule has 34 heavy (non-hydrogen) atoms. The molecule has 0 unspecified atom stereocenters. The molecule has 0 fully saturated rings. The van der Waals surface area contributed by atoms with Gasteiger partial charge in [-0.05, 0) is 43.2 Å². The Hall–Kier alpha value is -3.74. The summed E-state index contributed by atoms with van der Waals surface area (Å²) in [6.45, 7) is 5.29. The molecule has 3 heterocycles. The molecule has 5 aromatic rings. The van der Waals surface area contributed by atoms with E-state index < -0.39 is 0 Å². The second-order valence-electron chi connectivity index (χ2n) is 8.69. The number of hydrogen-bond donors (Lipinski definition) is 0. The lowest BCUT2D eigenvalue weighted by molar-refractivity contribution is 0.414.